The fraction of sp³-hybridized carbons (Fsp3) is 0.190. The van der Waals surface area contributed by atoms with Crippen LogP contribution in [0.15, 0.2) is 53.8 Å². The molecule has 1 aromatic carbocycles. The number of sulfonamides is 1. The summed E-state index contributed by atoms with van der Waals surface area (Å²) in [5.74, 6) is 0.606. The van der Waals surface area contributed by atoms with Crippen molar-refractivity contribution in [1.82, 2.24) is 19.3 Å². The van der Waals surface area contributed by atoms with Gasteiger partial charge < -0.3 is 9.30 Å². The fourth-order valence-corrected chi connectivity index (χ4v) is 3.98. The second-order valence-corrected chi connectivity index (χ2v) is 9.01. The summed E-state index contributed by atoms with van der Waals surface area (Å²) in [6.45, 7) is 0. The van der Waals surface area contributed by atoms with Crippen LogP contribution < -0.4 is 15.0 Å². The van der Waals surface area contributed by atoms with Crippen LogP contribution in [0.2, 0.25) is 0 Å². The number of anilines is 1. The average molecular weight is 439 g/mol. The SMILES string of the molecule is COc1cnc(NS(C)(=O)=O)cc1-c1cn(C)c(=O)c2ccc(-c3cnn(C)c3)cc12. The zero-order chi connectivity index (χ0) is 22.3. The predicted molar refractivity (Wildman–Crippen MR) is 120 cm³/mol. The standard InChI is InChI=1S/C21H21N5O4S/c1-25-12-18(17-8-20(24-31(4,28)29)22-10-19(17)30-3)16-7-13(5-6-15(16)21(25)27)14-9-23-26(2)11-14/h5-12H,1-4H3,(H,22,24). The van der Waals surface area contributed by atoms with E-state index >= 15 is 0 Å². The number of nitrogens with one attached hydrogen (secondary N) is 1. The van der Waals surface area contributed by atoms with Crippen molar-refractivity contribution in [3.05, 3.63) is 59.4 Å². The number of benzene rings is 1. The Balaban J connectivity index is 2.01. The normalized spacial score (nSPS) is 11.6. The average Bonchev–Trinajstić information content (AvgIpc) is 3.15. The molecular weight excluding hydrogens is 418 g/mol. The molecule has 0 saturated carbocycles. The predicted octanol–water partition coefficient (Wildman–Crippen LogP) is 2.38. The number of nitrogens with zero attached hydrogens (tertiary/aromatic N) is 4. The highest BCUT2D eigenvalue weighted by molar-refractivity contribution is 7.92. The number of pyridine rings is 2. The summed E-state index contributed by atoms with van der Waals surface area (Å²) in [7, 11) is 1.51. The molecule has 4 aromatic rings. The molecule has 1 N–H and O–H groups in total. The molecule has 3 heterocycles. The summed E-state index contributed by atoms with van der Waals surface area (Å²) in [5.41, 5.74) is 2.99. The lowest BCUT2D eigenvalue weighted by Gasteiger charge is -2.15. The lowest BCUT2D eigenvalue weighted by atomic mass is 9.97. The van der Waals surface area contributed by atoms with Crippen LogP contribution in [0.3, 0.4) is 0 Å². The lowest BCUT2D eigenvalue weighted by Crippen LogP contribution is -2.17. The first-order valence-electron chi connectivity index (χ1n) is 9.31. The van der Waals surface area contributed by atoms with E-state index in [1.807, 2.05) is 25.4 Å². The summed E-state index contributed by atoms with van der Waals surface area (Å²) in [4.78, 5) is 16.9. The number of aromatic nitrogens is 4. The molecule has 3 aromatic heterocycles. The van der Waals surface area contributed by atoms with Crippen LogP contribution in [0.5, 0.6) is 5.75 Å². The fourth-order valence-electron chi connectivity index (χ4n) is 3.49. The Morgan fingerprint density at radius 3 is 2.42 bits per heavy atom. The van der Waals surface area contributed by atoms with Gasteiger partial charge >= 0.3 is 0 Å². The van der Waals surface area contributed by atoms with Crippen LogP contribution in [-0.2, 0) is 24.1 Å². The summed E-state index contributed by atoms with van der Waals surface area (Å²) < 4.78 is 34.4. The summed E-state index contributed by atoms with van der Waals surface area (Å²) in [6.07, 6.45) is 7.86. The van der Waals surface area contributed by atoms with E-state index in [0.717, 1.165) is 17.4 Å². The number of aryl methyl sites for hydroxylation is 2. The Hall–Kier alpha value is -3.66. The minimum absolute atomic E-state index is 0.140. The smallest absolute Gasteiger partial charge is 0.258 e. The van der Waals surface area contributed by atoms with Crippen molar-refractivity contribution in [1.29, 1.82) is 0 Å². The molecule has 0 radical (unpaired) electrons. The third-order valence-electron chi connectivity index (χ3n) is 4.89. The lowest BCUT2D eigenvalue weighted by molar-refractivity contribution is 0.414. The Bertz CT molecular complexity index is 1470. The van der Waals surface area contributed by atoms with E-state index in [4.69, 9.17) is 4.74 Å². The quantitative estimate of drug-likeness (QED) is 0.512. The van der Waals surface area contributed by atoms with E-state index in [-0.39, 0.29) is 11.4 Å². The first-order valence-corrected chi connectivity index (χ1v) is 11.2. The molecule has 0 saturated heterocycles. The molecule has 160 valence electrons. The minimum atomic E-state index is -3.51. The van der Waals surface area contributed by atoms with Crippen molar-refractivity contribution < 1.29 is 13.2 Å². The third kappa shape index (κ3) is 4.02. The number of hydrogen-bond acceptors (Lipinski definition) is 6. The molecule has 0 unspecified atom stereocenters. The van der Waals surface area contributed by atoms with Crippen molar-refractivity contribution in [3.63, 3.8) is 0 Å². The molecule has 0 aliphatic heterocycles. The first kappa shape index (κ1) is 20.6. The van der Waals surface area contributed by atoms with Crippen LogP contribution in [0.25, 0.3) is 33.0 Å². The molecule has 0 aliphatic rings. The topological polar surface area (TPSA) is 108 Å². The van der Waals surface area contributed by atoms with Gasteiger partial charge in [0, 0.05) is 48.6 Å². The van der Waals surface area contributed by atoms with Gasteiger partial charge in [-0.2, -0.15) is 5.10 Å². The number of rotatable bonds is 5. The van der Waals surface area contributed by atoms with E-state index in [1.54, 1.807) is 36.3 Å². The summed E-state index contributed by atoms with van der Waals surface area (Å²) >= 11 is 0. The zero-order valence-electron chi connectivity index (χ0n) is 17.4. The van der Waals surface area contributed by atoms with E-state index in [0.29, 0.717) is 27.6 Å². The van der Waals surface area contributed by atoms with E-state index in [1.165, 1.54) is 17.9 Å². The van der Waals surface area contributed by atoms with Gasteiger partial charge in [-0.3, -0.25) is 14.2 Å². The molecule has 0 aliphatic carbocycles. The molecule has 0 amide bonds. The van der Waals surface area contributed by atoms with Gasteiger partial charge in [-0.05, 0) is 29.1 Å². The van der Waals surface area contributed by atoms with Crippen LogP contribution in [0.4, 0.5) is 5.82 Å². The highest BCUT2D eigenvalue weighted by Gasteiger charge is 2.16. The van der Waals surface area contributed by atoms with Gasteiger partial charge in [0.1, 0.15) is 11.6 Å². The van der Waals surface area contributed by atoms with Gasteiger partial charge in [0.15, 0.2) is 0 Å². The highest BCUT2D eigenvalue weighted by atomic mass is 32.2. The summed E-state index contributed by atoms with van der Waals surface area (Å²) in [6, 6.07) is 7.18. The van der Waals surface area contributed by atoms with Crippen molar-refractivity contribution in [2.75, 3.05) is 18.1 Å². The van der Waals surface area contributed by atoms with Crippen LogP contribution in [0, 0.1) is 0 Å². The maximum Gasteiger partial charge on any atom is 0.258 e. The molecular formula is C21H21N5O4S. The maximum absolute atomic E-state index is 12.8. The van der Waals surface area contributed by atoms with Crippen LogP contribution >= 0.6 is 0 Å². The number of fused-ring (bicyclic) bond motifs is 1. The highest BCUT2D eigenvalue weighted by Crippen LogP contribution is 2.36. The minimum Gasteiger partial charge on any atom is -0.494 e. The van der Waals surface area contributed by atoms with Crippen molar-refractivity contribution in [2.24, 2.45) is 14.1 Å². The Labute approximate surface area is 179 Å². The molecule has 0 fully saturated rings. The molecule has 10 heteroatoms. The largest absolute Gasteiger partial charge is 0.494 e. The van der Waals surface area contributed by atoms with Crippen LogP contribution in [-0.4, -0.2) is 41.1 Å². The molecule has 31 heavy (non-hydrogen) atoms. The zero-order valence-corrected chi connectivity index (χ0v) is 18.3. The van der Waals surface area contributed by atoms with Gasteiger partial charge in [0.25, 0.3) is 5.56 Å². The van der Waals surface area contributed by atoms with Crippen molar-refractivity contribution in [2.45, 2.75) is 0 Å². The molecule has 4 rings (SSSR count). The number of ether oxygens (including phenoxy) is 1. The first-order chi connectivity index (χ1) is 14.7. The third-order valence-corrected chi connectivity index (χ3v) is 5.47. The van der Waals surface area contributed by atoms with Crippen LogP contribution in [0.1, 0.15) is 0 Å². The van der Waals surface area contributed by atoms with Crippen molar-refractivity contribution in [3.8, 4) is 28.0 Å². The molecule has 0 atom stereocenters. The van der Waals surface area contributed by atoms with Gasteiger partial charge in [-0.1, -0.05) is 6.07 Å². The second-order valence-electron chi connectivity index (χ2n) is 7.27. The van der Waals surface area contributed by atoms with Gasteiger partial charge in [-0.25, -0.2) is 13.4 Å². The van der Waals surface area contributed by atoms with E-state index < -0.39 is 10.0 Å². The Morgan fingerprint density at radius 2 is 1.77 bits per heavy atom. The number of hydrogen-bond donors (Lipinski definition) is 1. The number of methoxy groups -OCH3 is 1. The molecule has 0 bridgehead atoms. The van der Waals surface area contributed by atoms with Gasteiger partial charge in [0.2, 0.25) is 10.0 Å². The maximum atomic E-state index is 12.8. The summed E-state index contributed by atoms with van der Waals surface area (Å²) in [5, 5.41) is 5.46. The second kappa shape index (κ2) is 7.55. The van der Waals surface area contributed by atoms with Crippen molar-refractivity contribution >= 4 is 26.6 Å². The van der Waals surface area contributed by atoms with E-state index in [9.17, 15) is 13.2 Å². The van der Waals surface area contributed by atoms with Gasteiger partial charge in [0.05, 0.1) is 25.8 Å². The molecule has 9 nitrogen and oxygen atoms in total. The molecule has 0 spiro atoms. The van der Waals surface area contributed by atoms with E-state index in [2.05, 4.69) is 14.8 Å². The Kier molecular flexibility index (Phi) is 5.02. The monoisotopic (exact) mass is 439 g/mol. The van der Waals surface area contributed by atoms with Gasteiger partial charge in [-0.15, -0.1) is 0 Å². The Morgan fingerprint density at radius 1 is 1.00 bits per heavy atom.